The van der Waals surface area contributed by atoms with Gasteiger partial charge in [-0.25, -0.2) is 0 Å². The summed E-state index contributed by atoms with van der Waals surface area (Å²) in [6.07, 6.45) is -0.161. The fourth-order valence-corrected chi connectivity index (χ4v) is 3.76. The van der Waals surface area contributed by atoms with E-state index in [1.54, 1.807) is 16.8 Å². The number of amides is 1. The molecule has 0 aromatic carbocycles. The average Bonchev–Trinajstić information content (AvgIpc) is 2.83. The van der Waals surface area contributed by atoms with Crippen molar-refractivity contribution in [3.63, 3.8) is 0 Å². The van der Waals surface area contributed by atoms with Crippen LogP contribution in [-0.2, 0) is 9.53 Å². The number of hydrogen-bond donors (Lipinski definition) is 1. The van der Waals surface area contributed by atoms with Crippen LogP contribution in [0.5, 0.6) is 0 Å². The zero-order chi connectivity index (χ0) is 15.4. The van der Waals surface area contributed by atoms with Gasteiger partial charge in [-0.05, 0) is 34.4 Å². The van der Waals surface area contributed by atoms with E-state index >= 15 is 0 Å². The highest BCUT2D eigenvalue weighted by atomic mass is 79.9. The average molecular weight is 377 g/mol. The zero-order valence-corrected chi connectivity index (χ0v) is 14.0. The van der Waals surface area contributed by atoms with Crippen molar-refractivity contribution in [3.8, 4) is 0 Å². The fourth-order valence-electron chi connectivity index (χ4n) is 2.25. The quantitative estimate of drug-likeness (QED) is 0.840. The molecule has 1 amide bonds. The summed E-state index contributed by atoms with van der Waals surface area (Å²) in [5.74, 6) is -0.880. The van der Waals surface area contributed by atoms with Crippen LogP contribution < -0.4 is 0 Å². The monoisotopic (exact) mass is 376 g/mol. The van der Waals surface area contributed by atoms with E-state index in [-0.39, 0.29) is 18.6 Å². The summed E-state index contributed by atoms with van der Waals surface area (Å²) in [5.41, 5.74) is 0. The van der Waals surface area contributed by atoms with E-state index in [9.17, 15) is 9.59 Å². The Labute approximate surface area is 135 Å². The number of carbonyl (C=O) groups is 2. The van der Waals surface area contributed by atoms with Gasteiger partial charge < -0.3 is 14.7 Å². The molecule has 2 heterocycles. The van der Waals surface area contributed by atoms with Gasteiger partial charge in [0, 0.05) is 24.1 Å². The number of likely N-dealkylation sites (N-methyl/N-ethyl adjacent to an activating group) is 1. The molecule has 2 rings (SSSR count). The SMILES string of the molecule is CN(CC(=O)O)C[C@H]1CN(C(=O)c2sccc2Br)CCO1. The summed E-state index contributed by atoms with van der Waals surface area (Å²) in [6, 6.07) is 1.86. The first-order valence-corrected chi connectivity index (χ1v) is 8.19. The molecule has 1 aliphatic rings. The van der Waals surface area contributed by atoms with E-state index in [1.165, 1.54) is 11.3 Å². The molecule has 1 aromatic heterocycles. The van der Waals surface area contributed by atoms with Crippen molar-refractivity contribution >= 4 is 39.1 Å². The minimum atomic E-state index is -0.872. The lowest BCUT2D eigenvalue weighted by atomic mass is 10.2. The number of carboxylic acids is 1. The number of morpholine rings is 1. The molecule has 0 bridgehead atoms. The van der Waals surface area contributed by atoms with Crippen LogP contribution in [0.4, 0.5) is 0 Å². The van der Waals surface area contributed by atoms with Gasteiger partial charge in [-0.15, -0.1) is 11.3 Å². The third-order valence-corrected chi connectivity index (χ3v) is 4.98. The molecule has 0 saturated carbocycles. The number of aliphatic carboxylic acids is 1. The van der Waals surface area contributed by atoms with Gasteiger partial charge in [-0.3, -0.25) is 14.5 Å². The summed E-state index contributed by atoms with van der Waals surface area (Å²) in [5, 5.41) is 10.6. The van der Waals surface area contributed by atoms with E-state index in [0.717, 1.165) is 4.47 Å². The standard InChI is InChI=1S/C13H17BrN2O4S/c1-15(8-11(17)18)6-9-7-16(3-4-20-9)13(19)12-10(14)2-5-21-12/h2,5,9H,3-4,6-8H2,1H3,(H,17,18)/t9-/m0/s1. The number of thiophene rings is 1. The highest BCUT2D eigenvalue weighted by Crippen LogP contribution is 2.25. The minimum absolute atomic E-state index is 0.00828. The van der Waals surface area contributed by atoms with Crippen molar-refractivity contribution in [1.29, 1.82) is 0 Å². The van der Waals surface area contributed by atoms with E-state index < -0.39 is 5.97 Å². The molecule has 6 nitrogen and oxygen atoms in total. The van der Waals surface area contributed by atoms with Gasteiger partial charge in [0.15, 0.2) is 0 Å². The number of carbonyl (C=O) groups excluding carboxylic acids is 1. The van der Waals surface area contributed by atoms with Crippen LogP contribution in [0.1, 0.15) is 9.67 Å². The molecule has 0 unspecified atom stereocenters. The van der Waals surface area contributed by atoms with Gasteiger partial charge in [0.1, 0.15) is 4.88 Å². The van der Waals surface area contributed by atoms with Gasteiger partial charge in [-0.2, -0.15) is 0 Å². The first-order chi connectivity index (χ1) is 9.97. The lowest BCUT2D eigenvalue weighted by Gasteiger charge is -2.34. The van der Waals surface area contributed by atoms with E-state index in [2.05, 4.69) is 15.9 Å². The zero-order valence-electron chi connectivity index (χ0n) is 11.6. The third kappa shape index (κ3) is 4.50. The molecule has 1 atom stereocenters. The van der Waals surface area contributed by atoms with Crippen LogP contribution in [0.2, 0.25) is 0 Å². The van der Waals surface area contributed by atoms with Gasteiger partial charge in [0.25, 0.3) is 5.91 Å². The normalized spacial score (nSPS) is 19.0. The minimum Gasteiger partial charge on any atom is -0.480 e. The molecular formula is C13H17BrN2O4S. The predicted octanol–water partition coefficient (Wildman–Crippen LogP) is 1.37. The van der Waals surface area contributed by atoms with Crippen molar-refractivity contribution in [2.75, 3.05) is 39.8 Å². The number of carboxylic acid groups (broad SMARTS) is 1. The molecule has 116 valence electrons. The number of rotatable bonds is 5. The summed E-state index contributed by atoms with van der Waals surface area (Å²) in [4.78, 5) is 27.2. The second-order valence-corrected chi connectivity index (χ2v) is 6.70. The first-order valence-electron chi connectivity index (χ1n) is 6.51. The van der Waals surface area contributed by atoms with E-state index in [1.807, 2.05) is 11.4 Å². The molecule has 1 aromatic rings. The molecule has 1 N–H and O–H groups in total. The summed E-state index contributed by atoms with van der Waals surface area (Å²) in [7, 11) is 1.73. The Bertz CT molecular complexity index is 522. The van der Waals surface area contributed by atoms with Crippen LogP contribution >= 0.6 is 27.3 Å². The molecule has 8 heteroatoms. The number of nitrogens with zero attached hydrogens (tertiary/aromatic N) is 2. The van der Waals surface area contributed by atoms with Gasteiger partial charge in [-0.1, -0.05) is 0 Å². The molecule has 0 radical (unpaired) electrons. The molecular weight excluding hydrogens is 360 g/mol. The highest BCUT2D eigenvalue weighted by molar-refractivity contribution is 9.10. The second-order valence-electron chi connectivity index (χ2n) is 4.93. The molecule has 0 spiro atoms. The maximum absolute atomic E-state index is 12.4. The molecule has 1 saturated heterocycles. The van der Waals surface area contributed by atoms with Gasteiger partial charge in [0.2, 0.25) is 0 Å². The number of halogens is 1. The largest absolute Gasteiger partial charge is 0.480 e. The first kappa shape index (κ1) is 16.4. The smallest absolute Gasteiger partial charge is 0.317 e. The number of hydrogen-bond acceptors (Lipinski definition) is 5. The van der Waals surface area contributed by atoms with Crippen LogP contribution in [0, 0.1) is 0 Å². The summed E-state index contributed by atoms with van der Waals surface area (Å²) >= 11 is 4.78. The third-order valence-electron chi connectivity index (χ3n) is 3.16. The Balaban J connectivity index is 1.93. The Hall–Kier alpha value is -0.960. The Morgan fingerprint density at radius 1 is 1.62 bits per heavy atom. The van der Waals surface area contributed by atoms with Crippen molar-refractivity contribution in [2.24, 2.45) is 0 Å². The van der Waals surface area contributed by atoms with Crippen LogP contribution in [-0.4, -0.2) is 72.7 Å². The Kier molecular flexibility index (Phi) is 5.74. The predicted molar refractivity (Wildman–Crippen MR) is 82.8 cm³/mol. The van der Waals surface area contributed by atoms with Crippen molar-refractivity contribution < 1.29 is 19.4 Å². The topological polar surface area (TPSA) is 70.1 Å². The highest BCUT2D eigenvalue weighted by Gasteiger charge is 2.27. The van der Waals surface area contributed by atoms with Crippen molar-refractivity contribution in [3.05, 3.63) is 20.8 Å². The fraction of sp³-hybridized carbons (Fsp3) is 0.538. The summed E-state index contributed by atoms with van der Waals surface area (Å²) < 4.78 is 6.43. The molecule has 0 aliphatic carbocycles. The lowest BCUT2D eigenvalue weighted by Crippen LogP contribution is -2.49. The maximum Gasteiger partial charge on any atom is 0.317 e. The number of ether oxygens (including phenoxy) is 1. The summed E-state index contributed by atoms with van der Waals surface area (Å²) in [6.45, 7) is 1.96. The van der Waals surface area contributed by atoms with E-state index in [4.69, 9.17) is 9.84 Å². The van der Waals surface area contributed by atoms with Gasteiger partial charge >= 0.3 is 5.97 Å². The van der Waals surface area contributed by atoms with Crippen molar-refractivity contribution in [2.45, 2.75) is 6.10 Å². The van der Waals surface area contributed by atoms with Crippen molar-refractivity contribution in [1.82, 2.24) is 9.80 Å². The Morgan fingerprint density at radius 2 is 2.38 bits per heavy atom. The second kappa shape index (κ2) is 7.35. The lowest BCUT2D eigenvalue weighted by molar-refractivity contribution is -0.138. The Morgan fingerprint density at radius 3 is 3.00 bits per heavy atom. The molecule has 21 heavy (non-hydrogen) atoms. The van der Waals surface area contributed by atoms with Crippen LogP contribution in [0.25, 0.3) is 0 Å². The van der Waals surface area contributed by atoms with Crippen LogP contribution in [0.15, 0.2) is 15.9 Å². The maximum atomic E-state index is 12.4. The molecule has 1 fully saturated rings. The van der Waals surface area contributed by atoms with Gasteiger partial charge in [0.05, 0.1) is 19.3 Å². The van der Waals surface area contributed by atoms with Crippen LogP contribution in [0.3, 0.4) is 0 Å². The molecule has 1 aliphatic heterocycles. The van der Waals surface area contributed by atoms with E-state index in [0.29, 0.717) is 31.1 Å².